The number of rotatable bonds is 5. The quantitative estimate of drug-likeness (QED) is 0.458. The van der Waals surface area contributed by atoms with Crippen LogP contribution in [0, 0.1) is 11.6 Å². The Morgan fingerprint density at radius 3 is 2.62 bits per heavy atom. The second-order valence-electron chi connectivity index (χ2n) is 8.47. The normalized spacial score (nSPS) is 20.6. The topological polar surface area (TPSA) is 56.3 Å². The first kappa shape index (κ1) is 21.9. The van der Waals surface area contributed by atoms with E-state index in [1.165, 1.54) is 18.2 Å². The molecular weight excluding hydrogens is 409 g/mol. The molecule has 2 aromatic carbocycles. The van der Waals surface area contributed by atoms with Gasteiger partial charge in [-0.3, -0.25) is 0 Å². The second-order valence-corrected chi connectivity index (χ2v) is 8.47. The fraction of sp³-hybridized carbons (Fsp3) is 0.240. The molecule has 4 rings (SSSR count). The van der Waals surface area contributed by atoms with Gasteiger partial charge in [-0.05, 0) is 55.2 Å². The van der Waals surface area contributed by atoms with E-state index in [1.54, 1.807) is 0 Å². The van der Waals surface area contributed by atoms with Crippen molar-refractivity contribution in [1.29, 1.82) is 0 Å². The third-order valence-electron chi connectivity index (χ3n) is 6.44. The van der Waals surface area contributed by atoms with Gasteiger partial charge in [0, 0.05) is 40.0 Å². The van der Waals surface area contributed by atoms with Crippen LogP contribution in [0.2, 0.25) is 0 Å². The first-order chi connectivity index (χ1) is 15.2. The number of aromatic nitrogens is 1. The zero-order valence-corrected chi connectivity index (χ0v) is 18.4. The fourth-order valence-electron chi connectivity index (χ4n) is 5.14. The Labute approximate surface area is 186 Å². The summed E-state index contributed by atoms with van der Waals surface area (Å²) in [5.41, 5.74) is 2.40. The van der Waals surface area contributed by atoms with E-state index < -0.39 is 23.0 Å². The Balaban J connectivity index is 2.01. The van der Waals surface area contributed by atoms with Crippen molar-refractivity contribution in [1.82, 2.24) is 9.88 Å². The minimum absolute atomic E-state index is 0.0375. The summed E-state index contributed by atoms with van der Waals surface area (Å²) in [4.78, 5) is 16.3. The van der Waals surface area contributed by atoms with Crippen molar-refractivity contribution in [3.05, 3.63) is 88.8 Å². The van der Waals surface area contributed by atoms with Crippen LogP contribution in [0.5, 0.6) is 0 Å². The summed E-state index contributed by atoms with van der Waals surface area (Å²) in [5.74, 6) is -2.65. The van der Waals surface area contributed by atoms with Crippen LogP contribution in [0.3, 0.4) is 0 Å². The molecule has 2 N–H and O–H groups in total. The standard InChI is InChI=1S/C25H25BF2N2O2/c1-4-14(2)30-15(3)11-18-17-7-5-6-8-21(17)29-24(18)25(30,26)23-19(27)12-16(13-20(23)28)9-10-22(31)32/h5-10,12-13,15,29H,2,4,11,26H2,1,3H3,(H,31,32)/b10-9+/t15-,25-/m1/s1. The van der Waals surface area contributed by atoms with Crippen LogP contribution >= 0.6 is 0 Å². The highest BCUT2D eigenvalue weighted by Crippen LogP contribution is 2.47. The van der Waals surface area contributed by atoms with Crippen LogP contribution in [-0.2, 0) is 16.7 Å². The van der Waals surface area contributed by atoms with Gasteiger partial charge in [0.25, 0.3) is 0 Å². The number of para-hydroxylation sites is 1. The molecule has 32 heavy (non-hydrogen) atoms. The molecule has 164 valence electrons. The summed E-state index contributed by atoms with van der Waals surface area (Å²) < 4.78 is 31.2. The van der Waals surface area contributed by atoms with Gasteiger partial charge in [-0.2, -0.15) is 0 Å². The lowest BCUT2D eigenvalue weighted by Crippen LogP contribution is -2.56. The molecule has 0 saturated heterocycles. The van der Waals surface area contributed by atoms with Crippen LogP contribution in [0.4, 0.5) is 8.78 Å². The van der Waals surface area contributed by atoms with Crippen molar-refractivity contribution in [3.63, 3.8) is 0 Å². The summed E-state index contributed by atoms with van der Waals surface area (Å²) in [6, 6.07) is 10.2. The Hall–Kier alpha value is -3.35. The van der Waals surface area contributed by atoms with Gasteiger partial charge in [0.05, 0.1) is 5.44 Å². The van der Waals surface area contributed by atoms with E-state index >= 15 is 8.78 Å². The summed E-state index contributed by atoms with van der Waals surface area (Å²) >= 11 is 0. The lowest BCUT2D eigenvalue weighted by atomic mass is 9.63. The zero-order valence-electron chi connectivity index (χ0n) is 18.4. The van der Waals surface area contributed by atoms with E-state index in [2.05, 4.69) is 11.6 Å². The van der Waals surface area contributed by atoms with Crippen molar-refractivity contribution < 1.29 is 18.7 Å². The molecule has 1 aromatic heterocycles. The number of allylic oxidation sites excluding steroid dienone is 1. The van der Waals surface area contributed by atoms with Gasteiger partial charge in [0.2, 0.25) is 0 Å². The number of aromatic amines is 1. The monoisotopic (exact) mass is 434 g/mol. The number of aliphatic carboxylic acids is 1. The van der Waals surface area contributed by atoms with E-state index in [-0.39, 0.29) is 17.2 Å². The van der Waals surface area contributed by atoms with Crippen molar-refractivity contribution in [2.24, 2.45) is 0 Å². The number of nitrogens with one attached hydrogen (secondary N) is 1. The first-order valence-corrected chi connectivity index (χ1v) is 10.7. The molecule has 4 nitrogen and oxygen atoms in total. The van der Waals surface area contributed by atoms with Crippen LogP contribution in [0.25, 0.3) is 17.0 Å². The number of benzene rings is 2. The summed E-state index contributed by atoms with van der Waals surface area (Å²) in [7, 11) is 1.83. The Bertz CT molecular complexity index is 1240. The average molecular weight is 434 g/mol. The number of halogens is 2. The molecule has 0 aliphatic carbocycles. The summed E-state index contributed by atoms with van der Waals surface area (Å²) in [6.07, 6.45) is 3.40. The number of carboxylic acid groups (broad SMARTS) is 1. The largest absolute Gasteiger partial charge is 0.478 e. The van der Waals surface area contributed by atoms with Crippen molar-refractivity contribution >= 4 is 30.8 Å². The highest BCUT2D eigenvalue weighted by molar-refractivity contribution is 6.18. The molecule has 0 unspecified atom stereocenters. The van der Waals surface area contributed by atoms with Gasteiger partial charge in [-0.15, -0.1) is 0 Å². The molecule has 1 aliphatic rings. The smallest absolute Gasteiger partial charge is 0.328 e. The van der Waals surface area contributed by atoms with Gasteiger partial charge in [0.15, 0.2) is 0 Å². The molecule has 0 radical (unpaired) electrons. The number of carboxylic acids is 1. The lowest BCUT2D eigenvalue weighted by Gasteiger charge is -2.51. The van der Waals surface area contributed by atoms with Crippen LogP contribution in [-0.4, -0.2) is 34.8 Å². The molecule has 7 heteroatoms. The maximum Gasteiger partial charge on any atom is 0.328 e. The molecule has 2 heterocycles. The van der Waals surface area contributed by atoms with E-state index in [1.807, 2.05) is 50.9 Å². The number of nitrogens with zero attached hydrogens (tertiary/aromatic N) is 1. The molecule has 0 bridgehead atoms. The average Bonchev–Trinajstić information content (AvgIpc) is 3.11. The third kappa shape index (κ3) is 3.32. The van der Waals surface area contributed by atoms with Gasteiger partial charge in [-0.25, -0.2) is 13.6 Å². The maximum atomic E-state index is 15.6. The summed E-state index contributed by atoms with van der Waals surface area (Å²) in [6.45, 7) is 8.23. The molecule has 0 saturated carbocycles. The highest BCUT2D eigenvalue weighted by atomic mass is 19.1. The maximum absolute atomic E-state index is 15.6. The van der Waals surface area contributed by atoms with E-state index in [9.17, 15) is 4.79 Å². The molecular formula is C25H25BF2N2O2. The molecule has 1 aliphatic heterocycles. The zero-order chi connectivity index (χ0) is 23.2. The van der Waals surface area contributed by atoms with Gasteiger partial charge in [0.1, 0.15) is 19.5 Å². The van der Waals surface area contributed by atoms with Crippen molar-refractivity contribution in [2.45, 2.75) is 38.2 Å². The Kier molecular flexibility index (Phi) is 5.45. The molecule has 0 spiro atoms. The Morgan fingerprint density at radius 1 is 1.34 bits per heavy atom. The van der Waals surface area contributed by atoms with Crippen LogP contribution in [0.15, 0.2) is 54.8 Å². The molecule has 2 atom stereocenters. The number of hydrogen-bond acceptors (Lipinski definition) is 2. The predicted octanol–water partition coefficient (Wildman–Crippen LogP) is 4.55. The number of fused-ring (bicyclic) bond motifs is 3. The van der Waals surface area contributed by atoms with Crippen molar-refractivity contribution in [2.75, 3.05) is 0 Å². The third-order valence-corrected chi connectivity index (χ3v) is 6.44. The SMILES string of the molecule is B[C@@]1(c2c(F)cc(/C=C/C(=O)O)cc2F)c2[nH]c3ccccc3c2C[C@@H](C)N1C(=C)CC. The van der Waals surface area contributed by atoms with Crippen LogP contribution < -0.4 is 0 Å². The van der Waals surface area contributed by atoms with Gasteiger partial charge in [-0.1, -0.05) is 31.7 Å². The van der Waals surface area contributed by atoms with Crippen molar-refractivity contribution in [3.8, 4) is 0 Å². The number of carbonyl (C=O) groups is 1. The highest BCUT2D eigenvalue weighted by Gasteiger charge is 2.48. The number of hydrogen-bond donors (Lipinski definition) is 2. The number of H-pyrrole nitrogens is 1. The van der Waals surface area contributed by atoms with E-state index in [0.29, 0.717) is 6.42 Å². The summed E-state index contributed by atoms with van der Waals surface area (Å²) in [5, 5.41) is 9.89. The van der Waals surface area contributed by atoms with Crippen LogP contribution in [0.1, 0.15) is 42.7 Å². The predicted molar refractivity (Wildman–Crippen MR) is 125 cm³/mol. The lowest BCUT2D eigenvalue weighted by molar-refractivity contribution is -0.131. The first-order valence-electron chi connectivity index (χ1n) is 10.7. The molecule has 0 fully saturated rings. The van der Waals surface area contributed by atoms with Gasteiger partial charge >= 0.3 is 5.97 Å². The second kappa shape index (κ2) is 7.97. The van der Waals surface area contributed by atoms with E-state index in [4.69, 9.17) is 5.11 Å². The minimum atomic E-state index is -1.18. The van der Waals surface area contributed by atoms with Gasteiger partial charge < -0.3 is 15.0 Å². The molecule has 0 amide bonds. The van der Waals surface area contributed by atoms with E-state index in [0.717, 1.165) is 40.4 Å². The fourth-order valence-corrected chi connectivity index (χ4v) is 5.14. The molecule has 3 aromatic rings. The Morgan fingerprint density at radius 2 is 2.00 bits per heavy atom. The minimum Gasteiger partial charge on any atom is -0.478 e.